The molecule has 0 radical (unpaired) electrons. The molecule has 4 nitrogen and oxygen atoms in total. The van der Waals surface area contributed by atoms with Crippen molar-refractivity contribution in [3.63, 3.8) is 0 Å². The summed E-state index contributed by atoms with van der Waals surface area (Å²) in [6, 6.07) is 3.31. The summed E-state index contributed by atoms with van der Waals surface area (Å²) in [5.41, 5.74) is 0.562. The number of hydrogen-bond acceptors (Lipinski definition) is 2. The maximum atomic E-state index is 14.1. The second-order valence-electron chi connectivity index (χ2n) is 6.50. The van der Waals surface area contributed by atoms with Crippen molar-refractivity contribution in [2.24, 2.45) is 0 Å². The van der Waals surface area contributed by atoms with Gasteiger partial charge in [-0.3, -0.25) is 4.79 Å². The highest BCUT2D eigenvalue weighted by Crippen LogP contribution is 2.39. The number of benzene rings is 1. The lowest BCUT2D eigenvalue weighted by Gasteiger charge is -2.28. The highest BCUT2D eigenvalue weighted by Gasteiger charge is 2.33. The molecular weight excluding hydrogens is 288 g/mol. The van der Waals surface area contributed by atoms with E-state index in [0.717, 1.165) is 18.2 Å². The zero-order valence-corrected chi connectivity index (χ0v) is 12.7. The van der Waals surface area contributed by atoms with Crippen molar-refractivity contribution in [2.75, 3.05) is 5.32 Å². The zero-order chi connectivity index (χ0) is 16.1. The Morgan fingerprint density at radius 1 is 1.27 bits per heavy atom. The van der Waals surface area contributed by atoms with E-state index in [4.69, 9.17) is 0 Å². The maximum Gasteiger partial charge on any atom is 0.226 e. The third kappa shape index (κ3) is 2.38. The second-order valence-corrected chi connectivity index (χ2v) is 6.50. The molecule has 22 heavy (non-hydrogen) atoms. The summed E-state index contributed by atoms with van der Waals surface area (Å²) >= 11 is 0. The van der Waals surface area contributed by atoms with Crippen molar-refractivity contribution in [1.29, 1.82) is 0 Å². The van der Waals surface area contributed by atoms with Gasteiger partial charge in [0.15, 0.2) is 0 Å². The van der Waals surface area contributed by atoms with E-state index < -0.39 is 17.6 Å². The summed E-state index contributed by atoms with van der Waals surface area (Å²) in [4.78, 5) is 12.0. The van der Waals surface area contributed by atoms with Gasteiger partial charge in [0.25, 0.3) is 0 Å². The van der Waals surface area contributed by atoms with E-state index in [-0.39, 0.29) is 23.4 Å². The largest absolute Gasteiger partial charge is 0.311 e. The molecule has 2 aromatic rings. The molecule has 0 spiro atoms. The van der Waals surface area contributed by atoms with E-state index in [1.807, 2.05) is 20.8 Å². The molecule has 1 amide bonds. The molecule has 6 heteroatoms. The van der Waals surface area contributed by atoms with Crippen LogP contribution < -0.4 is 5.32 Å². The Morgan fingerprint density at radius 2 is 2.00 bits per heavy atom. The third-order valence-corrected chi connectivity index (χ3v) is 3.79. The number of nitrogens with zero attached hydrogens (tertiary/aromatic N) is 2. The van der Waals surface area contributed by atoms with E-state index in [9.17, 15) is 13.6 Å². The minimum absolute atomic E-state index is 0.0726. The molecule has 0 saturated heterocycles. The van der Waals surface area contributed by atoms with E-state index >= 15 is 0 Å². The normalized spacial score (nSPS) is 18.0. The summed E-state index contributed by atoms with van der Waals surface area (Å²) in [5, 5.41) is 7.11. The lowest BCUT2D eigenvalue weighted by molar-refractivity contribution is -0.116. The van der Waals surface area contributed by atoms with Gasteiger partial charge in [0.1, 0.15) is 17.5 Å². The van der Waals surface area contributed by atoms with Gasteiger partial charge in [-0.15, -0.1) is 0 Å². The first-order valence-electron chi connectivity index (χ1n) is 7.10. The number of rotatable bonds is 1. The van der Waals surface area contributed by atoms with Gasteiger partial charge in [0, 0.05) is 17.9 Å². The number of nitrogens with one attached hydrogen (secondary N) is 1. The Kier molecular flexibility index (Phi) is 3.27. The Morgan fingerprint density at radius 3 is 2.68 bits per heavy atom. The van der Waals surface area contributed by atoms with Gasteiger partial charge >= 0.3 is 0 Å². The molecule has 1 atom stereocenters. The standard InChI is InChI=1S/C16H17F2N3O/c1-16(2,3)21-15-12(8-19-21)10(7-14(22)20-15)11-6-9(17)4-5-13(11)18/h4-6,8,10H,7H2,1-3H3,(H,20,22)/t10-/m0/s1. The summed E-state index contributed by atoms with van der Waals surface area (Å²) in [6.45, 7) is 5.87. The van der Waals surface area contributed by atoms with Gasteiger partial charge in [-0.2, -0.15) is 5.10 Å². The van der Waals surface area contributed by atoms with Gasteiger partial charge in [0.2, 0.25) is 5.91 Å². The molecule has 1 N–H and O–H groups in total. The predicted octanol–water partition coefficient (Wildman–Crippen LogP) is 3.39. The summed E-state index contributed by atoms with van der Waals surface area (Å²) in [6.07, 6.45) is 1.69. The fourth-order valence-corrected chi connectivity index (χ4v) is 2.79. The minimum Gasteiger partial charge on any atom is -0.311 e. The zero-order valence-electron chi connectivity index (χ0n) is 12.7. The Hall–Kier alpha value is -2.24. The summed E-state index contributed by atoms with van der Waals surface area (Å²) < 4.78 is 29.3. The number of carbonyl (C=O) groups is 1. The van der Waals surface area contributed by atoms with E-state index in [1.165, 1.54) is 0 Å². The highest BCUT2D eigenvalue weighted by molar-refractivity contribution is 5.94. The summed E-state index contributed by atoms with van der Waals surface area (Å²) in [7, 11) is 0. The van der Waals surface area contributed by atoms with Crippen molar-refractivity contribution in [3.05, 3.63) is 47.2 Å². The van der Waals surface area contributed by atoms with Crippen LogP contribution in [0.2, 0.25) is 0 Å². The van der Waals surface area contributed by atoms with Crippen molar-refractivity contribution >= 4 is 11.7 Å². The van der Waals surface area contributed by atoms with Crippen LogP contribution in [0.4, 0.5) is 14.6 Å². The fraction of sp³-hybridized carbons (Fsp3) is 0.375. The first-order valence-corrected chi connectivity index (χ1v) is 7.10. The number of anilines is 1. The van der Waals surface area contributed by atoms with E-state index in [1.54, 1.807) is 10.9 Å². The average Bonchev–Trinajstić information content (AvgIpc) is 2.84. The lowest BCUT2D eigenvalue weighted by Crippen LogP contribution is -2.30. The van der Waals surface area contributed by atoms with Gasteiger partial charge in [-0.05, 0) is 44.5 Å². The predicted molar refractivity (Wildman–Crippen MR) is 78.7 cm³/mol. The van der Waals surface area contributed by atoms with Crippen LogP contribution in [0.1, 0.15) is 44.2 Å². The van der Waals surface area contributed by atoms with Crippen molar-refractivity contribution in [1.82, 2.24) is 9.78 Å². The van der Waals surface area contributed by atoms with Crippen LogP contribution in [-0.4, -0.2) is 15.7 Å². The second kappa shape index (κ2) is 4.90. The molecular formula is C16H17F2N3O. The number of amides is 1. The van der Waals surface area contributed by atoms with Crippen LogP contribution in [0, 0.1) is 11.6 Å². The van der Waals surface area contributed by atoms with Crippen molar-refractivity contribution < 1.29 is 13.6 Å². The van der Waals surface area contributed by atoms with Gasteiger partial charge in [0.05, 0.1) is 11.7 Å². The fourth-order valence-electron chi connectivity index (χ4n) is 2.79. The van der Waals surface area contributed by atoms with Crippen molar-refractivity contribution in [2.45, 2.75) is 38.6 Å². The smallest absolute Gasteiger partial charge is 0.226 e. The molecule has 1 aliphatic rings. The number of carbonyl (C=O) groups excluding carboxylic acids is 1. The van der Waals surface area contributed by atoms with Crippen LogP contribution in [0.3, 0.4) is 0 Å². The van der Waals surface area contributed by atoms with E-state index in [0.29, 0.717) is 11.4 Å². The molecule has 0 fully saturated rings. The number of aromatic nitrogens is 2. The third-order valence-electron chi connectivity index (χ3n) is 3.79. The topological polar surface area (TPSA) is 46.9 Å². The van der Waals surface area contributed by atoms with Crippen LogP contribution >= 0.6 is 0 Å². The monoisotopic (exact) mass is 305 g/mol. The number of hydrogen-bond donors (Lipinski definition) is 1. The van der Waals surface area contributed by atoms with Crippen LogP contribution in [0.25, 0.3) is 0 Å². The van der Waals surface area contributed by atoms with Gasteiger partial charge < -0.3 is 5.32 Å². The van der Waals surface area contributed by atoms with Crippen molar-refractivity contribution in [3.8, 4) is 0 Å². The Bertz CT molecular complexity index is 746. The molecule has 1 aliphatic heterocycles. The Labute approximate surface area is 127 Å². The van der Waals surface area contributed by atoms with Crippen LogP contribution in [0.15, 0.2) is 24.4 Å². The first-order chi connectivity index (χ1) is 10.3. The van der Waals surface area contributed by atoms with E-state index in [2.05, 4.69) is 10.4 Å². The molecule has 0 aliphatic carbocycles. The quantitative estimate of drug-likeness (QED) is 0.878. The lowest BCUT2D eigenvalue weighted by atomic mass is 9.87. The number of halogens is 2. The molecule has 116 valence electrons. The Balaban J connectivity index is 2.15. The molecule has 0 saturated carbocycles. The van der Waals surface area contributed by atoms with Crippen LogP contribution in [-0.2, 0) is 10.3 Å². The first kappa shape index (κ1) is 14.7. The highest BCUT2D eigenvalue weighted by atomic mass is 19.1. The van der Waals surface area contributed by atoms with Gasteiger partial charge in [-0.1, -0.05) is 0 Å². The van der Waals surface area contributed by atoms with Gasteiger partial charge in [-0.25, -0.2) is 13.5 Å². The van der Waals surface area contributed by atoms with Crippen LogP contribution in [0.5, 0.6) is 0 Å². The summed E-state index contributed by atoms with van der Waals surface area (Å²) in [5.74, 6) is -1.25. The SMILES string of the molecule is CC(C)(C)n1ncc2c1NC(=O)C[C@H]2c1cc(F)ccc1F. The minimum atomic E-state index is -0.532. The number of fused-ring (bicyclic) bond motifs is 1. The molecule has 1 aromatic heterocycles. The molecule has 0 bridgehead atoms. The molecule has 3 rings (SSSR count). The maximum absolute atomic E-state index is 14.1. The molecule has 0 unspecified atom stereocenters. The molecule has 2 heterocycles. The molecule has 1 aromatic carbocycles. The average molecular weight is 305 g/mol.